The second-order valence-corrected chi connectivity index (χ2v) is 9.19. The average molecular weight is 515 g/mol. The van der Waals surface area contributed by atoms with Crippen LogP contribution in [-0.4, -0.2) is 53.9 Å². The molecule has 1 atom stereocenters. The first-order chi connectivity index (χ1) is 18.5. The van der Waals surface area contributed by atoms with Crippen molar-refractivity contribution in [1.29, 1.82) is 5.26 Å². The third-order valence-corrected chi connectivity index (χ3v) is 6.61. The van der Waals surface area contributed by atoms with Gasteiger partial charge in [0.25, 0.3) is 5.91 Å². The molecule has 0 saturated carbocycles. The summed E-state index contributed by atoms with van der Waals surface area (Å²) < 4.78 is 13.6. The molecule has 4 rings (SSSR count). The Kier molecular flexibility index (Phi) is 9.01. The van der Waals surface area contributed by atoms with Crippen LogP contribution in [0.25, 0.3) is 11.3 Å². The molecule has 1 aromatic heterocycles. The fourth-order valence-electron chi connectivity index (χ4n) is 4.63. The van der Waals surface area contributed by atoms with Gasteiger partial charge in [-0.15, -0.1) is 0 Å². The van der Waals surface area contributed by atoms with Crippen molar-refractivity contribution in [1.82, 2.24) is 15.2 Å². The molecule has 2 aromatic carbocycles. The van der Waals surface area contributed by atoms with Crippen LogP contribution in [0.15, 0.2) is 60.7 Å². The number of carbonyl (C=O) groups is 2. The molecule has 3 aromatic rings. The van der Waals surface area contributed by atoms with E-state index < -0.39 is 0 Å². The highest BCUT2D eigenvalue weighted by molar-refractivity contribution is 5.99. The van der Waals surface area contributed by atoms with E-state index in [2.05, 4.69) is 16.7 Å². The van der Waals surface area contributed by atoms with Gasteiger partial charge in [0.2, 0.25) is 5.91 Å². The summed E-state index contributed by atoms with van der Waals surface area (Å²) >= 11 is 0. The van der Waals surface area contributed by atoms with Crippen molar-refractivity contribution in [2.45, 2.75) is 31.7 Å². The van der Waals surface area contributed by atoms with Crippen LogP contribution in [-0.2, 0) is 11.2 Å². The van der Waals surface area contributed by atoms with Gasteiger partial charge in [-0.05, 0) is 61.7 Å². The molecule has 0 radical (unpaired) electrons. The number of anilines is 1. The summed E-state index contributed by atoms with van der Waals surface area (Å²) in [5.41, 5.74) is 8.47. The molecule has 2 amide bonds. The van der Waals surface area contributed by atoms with E-state index >= 15 is 0 Å². The molecule has 0 bridgehead atoms. The van der Waals surface area contributed by atoms with E-state index in [1.165, 1.54) is 12.1 Å². The maximum absolute atomic E-state index is 13.6. The first-order valence-electron chi connectivity index (χ1n) is 12.8. The van der Waals surface area contributed by atoms with Gasteiger partial charge in [0.1, 0.15) is 11.6 Å². The minimum absolute atomic E-state index is 0.0721. The van der Waals surface area contributed by atoms with Crippen molar-refractivity contribution in [3.8, 4) is 17.3 Å². The molecule has 1 fully saturated rings. The predicted molar refractivity (Wildman–Crippen MR) is 144 cm³/mol. The molecule has 8 nitrogen and oxygen atoms in total. The number of amides is 2. The number of hydrogen-bond acceptors (Lipinski definition) is 6. The SMILES string of the molecule is N#Cc1ccccc1-c1ccc(C(=O)NC[C@@H]2CCC(=O)N2CCCN)c(NCCc2cccc(F)c2)n1. The van der Waals surface area contributed by atoms with Gasteiger partial charge in [0.05, 0.1) is 22.9 Å². The number of nitriles is 1. The summed E-state index contributed by atoms with van der Waals surface area (Å²) in [4.78, 5) is 32.0. The first kappa shape index (κ1) is 26.8. The zero-order chi connectivity index (χ0) is 26.9. The van der Waals surface area contributed by atoms with Gasteiger partial charge in [-0.2, -0.15) is 5.26 Å². The van der Waals surface area contributed by atoms with Crippen LogP contribution < -0.4 is 16.4 Å². The van der Waals surface area contributed by atoms with Crippen LogP contribution in [0.3, 0.4) is 0 Å². The van der Waals surface area contributed by atoms with Crippen molar-refractivity contribution in [2.24, 2.45) is 5.73 Å². The molecule has 0 spiro atoms. The standard InChI is InChI=1S/C29H31FN6O2/c30-22-7-3-5-20(17-22)13-15-33-28-25(10-11-26(35-28)24-8-2-1-6-21(24)18-32)29(38)34-19-23-9-12-27(37)36(23)16-4-14-31/h1-3,5-8,10-11,17,23H,4,9,12-16,19,31H2,(H,33,35)(H,34,38)/t23-/m0/s1. The van der Waals surface area contributed by atoms with Crippen molar-refractivity contribution in [2.75, 3.05) is 31.5 Å². The van der Waals surface area contributed by atoms with Gasteiger partial charge in [-0.1, -0.05) is 30.3 Å². The number of hydrogen-bond donors (Lipinski definition) is 3. The van der Waals surface area contributed by atoms with E-state index in [0.29, 0.717) is 80.1 Å². The Hall–Kier alpha value is -4.29. The number of carbonyl (C=O) groups excluding carboxylic acids is 2. The number of halogens is 1. The summed E-state index contributed by atoms with van der Waals surface area (Å²) in [5, 5.41) is 15.7. The summed E-state index contributed by atoms with van der Waals surface area (Å²) in [6.45, 7) is 1.83. The molecule has 2 heterocycles. The number of nitrogens with one attached hydrogen (secondary N) is 2. The van der Waals surface area contributed by atoms with Gasteiger partial charge in [0.15, 0.2) is 0 Å². The highest BCUT2D eigenvalue weighted by Gasteiger charge is 2.30. The number of rotatable bonds is 11. The number of nitrogens with two attached hydrogens (primary N) is 1. The fraction of sp³-hybridized carbons (Fsp3) is 0.310. The third-order valence-electron chi connectivity index (χ3n) is 6.61. The summed E-state index contributed by atoms with van der Waals surface area (Å²) in [6.07, 6.45) is 2.39. The number of pyridine rings is 1. The number of nitrogens with zero attached hydrogens (tertiary/aromatic N) is 3. The number of benzene rings is 2. The first-order valence-corrected chi connectivity index (χ1v) is 12.8. The van der Waals surface area contributed by atoms with E-state index in [1.807, 2.05) is 18.2 Å². The molecule has 0 unspecified atom stereocenters. The molecule has 1 aliphatic heterocycles. The third kappa shape index (κ3) is 6.52. The summed E-state index contributed by atoms with van der Waals surface area (Å²) in [6, 6.07) is 19.0. The van der Waals surface area contributed by atoms with Gasteiger partial charge < -0.3 is 21.3 Å². The quantitative estimate of drug-likeness (QED) is 0.360. The van der Waals surface area contributed by atoms with E-state index in [1.54, 1.807) is 35.2 Å². The Morgan fingerprint density at radius 2 is 2.03 bits per heavy atom. The van der Waals surface area contributed by atoms with E-state index in [-0.39, 0.29) is 23.7 Å². The van der Waals surface area contributed by atoms with Crippen molar-refractivity contribution in [3.63, 3.8) is 0 Å². The minimum Gasteiger partial charge on any atom is -0.369 e. The number of aromatic nitrogens is 1. The Morgan fingerprint density at radius 3 is 2.82 bits per heavy atom. The lowest BCUT2D eigenvalue weighted by molar-refractivity contribution is -0.128. The molecule has 196 valence electrons. The molecule has 9 heteroatoms. The van der Waals surface area contributed by atoms with Crippen LogP contribution in [0.5, 0.6) is 0 Å². The molecular formula is C29H31FN6O2. The van der Waals surface area contributed by atoms with Crippen LogP contribution in [0, 0.1) is 17.1 Å². The Morgan fingerprint density at radius 1 is 1.18 bits per heavy atom. The van der Waals surface area contributed by atoms with Crippen LogP contribution in [0.1, 0.15) is 40.7 Å². The highest BCUT2D eigenvalue weighted by atomic mass is 19.1. The zero-order valence-corrected chi connectivity index (χ0v) is 21.1. The molecule has 1 saturated heterocycles. The Bertz CT molecular complexity index is 1340. The monoisotopic (exact) mass is 514 g/mol. The largest absolute Gasteiger partial charge is 0.369 e. The van der Waals surface area contributed by atoms with Crippen molar-refractivity contribution >= 4 is 17.6 Å². The van der Waals surface area contributed by atoms with Gasteiger partial charge in [-0.25, -0.2) is 9.37 Å². The van der Waals surface area contributed by atoms with E-state index in [4.69, 9.17) is 10.7 Å². The predicted octanol–water partition coefficient (Wildman–Crippen LogP) is 3.48. The smallest absolute Gasteiger partial charge is 0.255 e. The second-order valence-electron chi connectivity index (χ2n) is 9.19. The highest BCUT2D eigenvalue weighted by Crippen LogP contribution is 2.25. The topological polar surface area (TPSA) is 124 Å². The molecule has 4 N–H and O–H groups in total. The van der Waals surface area contributed by atoms with Gasteiger partial charge in [-0.3, -0.25) is 9.59 Å². The molecule has 1 aliphatic rings. The normalized spacial score (nSPS) is 14.8. The lowest BCUT2D eigenvalue weighted by Crippen LogP contribution is -2.42. The minimum atomic E-state index is -0.316. The molecular weight excluding hydrogens is 483 g/mol. The van der Waals surface area contributed by atoms with E-state index in [9.17, 15) is 19.2 Å². The second kappa shape index (κ2) is 12.8. The Balaban J connectivity index is 1.53. The summed E-state index contributed by atoms with van der Waals surface area (Å²) in [7, 11) is 0. The number of likely N-dealkylation sites (tertiary alicyclic amines) is 1. The molecule has 0 aliphatic carbocycles. The maximum atomic E-state index is 13.6. The van der Waals surface area contributed by atoms with Crippen LogP contribution in [0.2, 0.25) is 0 Å². The lowest BCUT2D eigenvalue weighted by atomic mass is 10.0. The van der Waals surface area contributed by atoms with E-state index in [0.717, 1.165) is 5.56 Å². The summed E-state index contributed by atoms with van der Waals surface area (Å²) in [5.74, 6) is -0.170. The van der Waals surface area contributed by atoms with Gasteiger partial charge in [0, 0.05) is 37.7 Å². The zero-order valence-electron chi connectivity index (χ0n) is 21.1. The van der Waals surface area contributed by atoms with Crippen molar-refractivity contribution < 1.29 is 14.0 Å². The fourth-order valence-corrected chi connectivity index (χ4v) is 4.63. The van der Waals surface area contributed by atoms with Crippen LogP contribution in [0.4, 0.5) is 10.2 Å². The van der Waals surface area contributed by atoms with Gasteiger partial charge >= 0.3 is 0 Å². The van der Waals surface area contributed by atoms with Crippen molar-refractivity contribution in [3.05, 3.63) is 83.2 Å². The van der Waals surface area contributed by atoms with Crippen LogP contribution >= 0.6 is 0 Å². The maximum Gasteiger partial charge on any atom is 0.255 e. The average Bonchev–Trinajstić information content (AvgIpc) is 3.29. The Labute approximate surface area is 221 Å². The molecule has 38 heavy (non-hydrogen) atoms. The lowest BCUT2D eigenvalue weighted by Gasteiger charge is -2.25.